The van der Waals surface area contributed by atoms with Gasteiger partial charge in [0, 0.05) is 12.1 Å². The van der Waals surface area contributed by atoms with Gasteiger partial charge in [-0.3, -0.25) is 9.36 Å². The van der Waals surface area contributed by atoms with Gasteiger partial charge in [-0.25, -0.2) is 13.4 Å². The molecule has 0 saturated heterocycles. The molecule has 7 nitrogen and oxygen atoms in total. The summed E-state index contributed by atoms with van der Waals surface area (Å²) < 4.78 is 35.2. The van der Waals surface area contributed by atoms with Gasteiger partial charge in [0.2, 0.25) is 10.0 Å². The highest BCUT2D eigenvalue weighted by Crippen LogP contribution is 2.29. The Morgan fingerprint density at radius 3 is 2.48 bits per heavy atom. The summed E-state index contributed by atoms with van der Waals surface area (Å²) in [4.78, 5) is 17.6. The van der Waals surface area contributed by atoms with Crippen molar-refractivity contribution >= 4 is 32.5 Å². The van der Waals surface area contributed by atoms with Crippen molar-refractivity contribution in [3.05, 3.63) is 93.9 Å². The molecule has 0 N–H and O–H groups in total. The van der Waals surface area contributed by atoms with Crippen molar-refractivity contribution in [3.8, 4) is 0 Å². The number of hydrogen-bond acceptors (Lipinski definition) is 5. The summed E-state index contributed by atoms with van der Waals surface area (Å²) in [5, 5.41) is 0.905. The van der Waals surface area contributed by atoms with Crippen molar-refractivity contribution < 1.29 is 12.8 Å². The van der Waals surface area contributed by atoms with Gasteiger partial charge in [0.15, 0.2) is 0 Å². The molecule has 9 heteroatoms. The second kappa shape index (κ2) is 8.30. The largest absolute Gasteiger partial charge is 0.468 e. The molecule has 2 heterocycles. The van der Waals surface area contributed by atoms with Crippen LogP contribution in [0.25, 0.3) is 10.9 Å². The summed E-state index contributed by atoms with van der Waals surface area (Å²) in [6.45, 7) is 1.68. The van der Waals surface area contributed by atoms with Gasteiger partial charge >= 0.3 is 0 Å². The highest BCUT2D eigenvalue weighted by molar-refractivity contribution is 7.89. The molecule has 0 saturated carbocycles. The van der Waals surface area contributed by atoms with Gasteiger partial charge in [0.1, 0.15) is 11.6 Å². The fourth-order valence-corrected chi connectivity index (χ4v) is 5.15. The molecule has 160 valence electrons. The van der Waals surface area contributed by atoms with E-state index in [1.165, 1.54) is 39.4 Å². The maximum absolute atomic E-state index is 13.6. The number of para-hydroxylation sites is 1. The molecule has 0 aliphatic carbocycles. The van der Waals surface area contributed by atoms with E-state index in [0.29, 0.717) is 27.5 Å². The van der Waals surface area contributed by atoms with Gasteiger partial charge in [0.05, 0.1) is 34.6 Å². The number of hydrogen-bond donors (Lipinski definition) is 0. The Morgan fingerprint density at radius 2 is 1.81 bits per heavy atom. The van der Waals surface area contributed by atoms with Gasteiger partial charge in [-0.05, 0) is 55.5 Å². The summed E-state index contributed by atoms with van der Waals surface area (Å²) in [5.74, 6) is 0.794. The summed E-state index contributed by atoms with van der Waals surface area (Å²) in [5.41, 5.74) is 0.267. The molecule has 0 amide bonds. The Balaban J connectivity index is 1.86. The molecule has 0 bridgehead atoms. The van der Waals surface area contributed by atoms with E-state index in [2.05, 4.69) is 4.98 Å². The third kappa shape index (κ3) is 4.01. The van der Waals surface area contributed by atoms with Crippen molar-refractivity contribution in [1.82, 2.24) is 13.9 Å². The lowest BCUT2D eigenvalue weighted by Crippen LogP contribution is -2.36. The molecular weight excluding hydrogens is 438 g/mol. The molecule has 4 rings (SSSR count). The lowest BCUT2D eigenvalue weighted by molar-refractivity contribution is 0.293. The Morgan fingerprint density at radius 1 is 1.10 bits per heavy atom. The van der Waals surface area contributed by atoms with Crippen LogP contribution in [0.1, 0.15) is 24.6 Å². The fraction of sp³-hybridized carbons (Fsp3) is 0.182. The lowest BCUT2D eigenvalue weighted by atomic mass is 10.2. The molecular formula is C22H20ClN3O4S. The van der Waals surface area contributed by atoms with Crippen molar-refractivity contribution in [2.75, 3.05) is 0 Å². The highest BCUT2D eigenvalue weighted by atomic mass is 35.5. The Labute approximate surface area is 184 Å². The number of nitrogens with zero attached hydrogens (tertiary/aromatic N) is 3. The number of fused-ring (bicyclic) bond motifs is 1. The van der Waals surface area contributed by atoms with Crippen LogP contribution in [-0.2, 0) is 23.6 Å². The molecule has 31 heavy (non-hydrogen) atoms. The Kier molecular flexibility index (Phi) is 5.70. The van der Waals surface area contributed by atoms with Gasteiger partial charge in [0.25, 0.3) is 5.56 Å². The van der Waals surface area contributed by atoms with Crippen molar-refractivity contribution in [2.24, 2.45) is 7.05 Å². The molecule has 2 aromatic heterocycles. The van der Waals surface area contributed by atoms with Crippen LogP contribution in [0.4, 0.5) is 0 Å². The van der Waals surface area contributed by atoms with Crippen LogP contribution >= 0.6 is 11.6 Å². The second-order valence-electron chi connectivity index (χ2n) is 7.11. The van der Waals surface area contributed by atoms with E-state index in [1.807, 2.05) is 0 Å². The molecule has 4 aromatic rings. The fourth-order valence-electron chi connectivity index (χ4n) is 3.47. The predicted molar refractivity (Wildman–Crippen MR) is 118 cm³/mol. The molecule has 1 atom stereocenters. The number of benzene rings is 2. The van der Waals surface area contributed by atoms with Crippen LogP contribution in [0.15, 0.2) is 81.0 Å². The summed E-state index contributed by atoms with van der Waals surface area (Å²) in [7, 11) is -2.37. The first-order valence-electron chi connectivity index (χ1n) is 9.54. The molecule has 0 spiro atoms. The van der Waals surface area contributed by atoms with E-state index < -0.39 is 16.1 Å². The number of sulfonamides is 1. The maximum atomic E-state index is 13.6. The molecule has 2 aromatic carbocycles. The molecule has 1 unspecified atom stereocenters. The number of aromatic nitrogens is 2. The minimum absolute atomic E-state index is 0.0260. The predicted octanol–water partition coefficient (Wildman–Crippen LogP) is 4.13. The Hall–Kier alpha value is -2.94. The van der Waals surface area contributed by atoms with Crippen LogP contribution in [-0.4, -0.2) is 22.3 Å². The average molecular weight is 458 g/mol. The first kappa shape index (κ1) is 21.3. The van der Waals surface area contributed by atoms with E-state index in [1.54, 1.807) is 50.4 Å². The standard InChI is InChI=1S/C22H20ClN3O4S/c1-15(21-24-20-8-4-3-7-19(20)22(27)25(21)2)26(14-17-6-5-13-30-17)31(28,29)18-11-9-16(23)10-12-18/h3-13,15H,14H2,1-2H3. The first-order valence-corrected chi connectivity index (χ1v) is 11.4. The van der Waals surface area contributed by atoms with E-state index in [0.717, 1.165) is 0 Å². The van der Waals surface area contributed by atoms with E-state index in [4.69, 9.17) is 16.0 Å². The number of halogens is 1. The smallest absolute Gasteiger partial charge is 0.261 e. The van der Waals surface area contributed by atoms with E-state index >= 15 is 0 Å². The normalized spacial score (nSPS) is 13.0. The average Bonchev–Trinajstić information content (AvgIpc) is 3.28. The van der Waals surface area contributed by atoms with Crippen LogP contribution in [0, 0.1) is 0 Å². The van der Waals surface area contributed by atoms with Gasteiger partial charge in [-0.15, -0.1) is 0 Å². The van der Waals surface area contributed by atoms with Gasteiger partial charge < -0.3 is 4.42 Å². The zero-order valence-corrected chi connectivity index (χ0v) is 18.5. The minimum atomic E-state index is -3.96. The number of furan rings is 1. The monoisotopic (exact) mass is 457 g/mol. The third-order valence-electron chi connectivity index (χ3n) is 5.14. The summed E-state index contributed by atoms with van der Waals surface area (Å²) in [6, 6.07) is 15.6. The topological polar surface area (TPSA) is 85.4 Å². The lowest BCUT2D eigenvalue weighted by Gasteiger charge is -2.28. The molecule has 0 radical (unpaired) electrons. The van der Waals surface area contributed by atoms with Crippen LogP contribution < -0.4 is 5.56 Å². The van der Waals surface area contributed by atoms with Crippen molar-refractivity contribution in [1.29, 1.82) is 0 Å². The molecule has 0 aliphatic heterocycles. The second-order valence-corrected chi connectivity index (χ2v) is 9.44. The molecule has 0 fully saturated rings. The third-order valence-corrected chi connectivity index (χ3v) is 7.32. The van der Waals surface area contributed by atoms with Crippen LogP contribution in [0.3, 0.4) is 0 Å². The zero-order valence-electron chi connectivity index (χ0n) is 16.9. The zero-order chi connectivity index (χ0) is 22.2. The van der Waals surface area contributed by atoms with Crippen molar-refractivity contribution in [2.45, 2.75) is 24.4 Å². The maximum Gasteiger partial charge on any atom is 0.261 e. The van der Waals surface area contributed by atoms with Gasteiger partial charge in [-0.2, -0.15) is 4.31 Å². The Bertz CT molecular complexity index is 1380. The van der Waals surface area contributed by atoms with E-state index in [9.17, 15) is 13.2 Å². The highest BCUT2D eigenvalue weighted by Gasteiger charge is 2.33. The minimum Gasteiger partial charge on any atom is -0.468 e. The van der Waals surface area contributed by atoms with E-state index in [-0.39, 0.29) is 17.0 Å². The SMILES string of the molecule is CC(c1nc2ccccc2c(=O)n1C)N(Cc1ccco1)S(=O)(=O)c1ccc(Cl)cc1. The number of rotatable bonds is 6. The quantitative estimate of drug-likeness (QED) is 0.434. The molecule has 0 aliphatic rings. The van der Waals surface area contributed by atoms with Crippen LogP contribution in [0.2, 0.25) is 5.02 Å². The first-order chi connectivity index (χ1) is 14.8. The summed E-state index contributed by atoms with van der Waals surface area (Å²) in [6.07, 6.45) is 1.48. The van der Waals surface area contributed by atoms with Crippen molar-refractivity contribution in [3.63, 3.8) is 0 Å². The van der Waals surface area contributed by atoms with Crippen LogP contribution in [0.5, 0.6) is 0 Å². The summed E-state index contributed by atoms with van der Waals surface area (Å²) >= 11 is 5.94. The van der Waals surface area contributed by atoms with Gasteiger partial charge in [-0.1, -0.05) is 23.7 Å².